The maximum Gasteiger partial charge on any atom is 0.337 e. The second-order valence-corrected chi connectivity index (χ2v) is 23.2. The summed E-state index contributed by atoms with van der Waals surface area (Å²) in [5, 5.41) is 3.90. The molecule has 3 aromatic carbocycles. The van der Waals surface area contributed by atoms with Crippen LogP contribution in [0.4, 0.5) is 0 Å². The minimum absolute atomic E-state index is 0.0230. The first-order valence-corrected chi connectivity index (χ1v) is 24.5. The molecule has 0 aromatic heterocycles. The largest absolute Gasteiger partial charge is 0.467 e. The third-order valence-electron chi connectivity index (χ3n) is 12.6. The molecular formula is C47H63N3O12Si. The van der Waals surface area contributed by atoms with Crippen LogP contribution in [0.2, 0.25) is 18.1 Å². The van der Waals surface area contributed by atoms with E-state index in [1.807, 2.05) is 91.0 Å². The number of rotatable bonds is 16. The number of benzene rings is 3. The summed E-state index contributed by atoms with van der Waals surface area (Å²) in [5.74, 6) is -1.15. The third-order valence-corrected chi connectivity index (χ3v) is 17.1. The molecule has 0 aliphatic carbocycles. The molecule has 6 rings (SSSR count). The highest BCUT2D eigenvalue weighted by atomic mass is 28.4. The zero-order valence-corrected chi connectivity index (χ0v) is 39.0. The molecule has 0 bridgehead atoms. The molecule has 1 unspecified atom stereocenters. The Balaban J connectivity index is 1.43. The van der Waals surface area contributed by atoms with Crippen molar-refractivity contribution in [1.29, 1.82) is 0 Å². The molecule has 0 N–H and O–H groups in total. The van der Waals surface area contributed by atoms with E-state index in [4.69, 9.17) is 47.1 Å². The van der Waals surface area contributed by atoms with E-state index in [-0.39, 0.29) is 30.8 Å². The molecule has 63 heavy (non-hydrogen) atoms. The number of hydrogen-bond donors (Lipinski definition) is 0. The monoisotopic (exact) mass is 889 g/mol. The van der Waals surface area contributed by atoms with Gasteiger partial charge < -0.3 is 47.1 Å². The van der Waals surface area contributed by atoms with Crippen molar-refractivity contribution in [2.45, 2.75) is 147 Å². The molecule has 0 saturated carbocycles. The Labute approximate surface area is 371 Å². The number of carbonyl (C=O) groups is 2. The minimum Gasteiger partial charge on any atom is -0.467 e. The molecule has 3 aromatic rings. The van der Waals surface area contributed by atoms with E-state index in [2.05, 4.69) is 50.8 Å². The summed E-state index contributed by atoms with van der Waals surface area (Å²) in [7, 11) is -1.54. The molecule has 3 heterocycles. The lowest BCUT2D eigenvalue weighted by Crippen LogP contribution is -2.68. The molecule has 3 aliphatic rings. The SMILES string of the molecule is COC(=O)[C@@H]1O[C@H](O[Si](C)(C)C(C)(C)C(C)C)[C@H](OC(=O)C(C)(C)C)[C@@H](OCc2ccccc2)[C@@H]1O[C@H]1O[C@@H]2COC(c3ccccc3)O[C@H]2[C@H](OCc2ccccc2)[C@H]1N=[N+]=[N-]. The van der Waals surface area contributed by atoms with E-state index in [1.54, 1.807) is 20.8 Å². The van der Waals surface area contributed by atoms with Crippen molar-refractivity contribution in [1.82, 2.24) is 0 Å². The van der Waals surface area contributed by atoms with Gasteiger partial charge in [0.25, 0.3) is 0 Å². The number of hydrogen-bond acceptors (Lipinski definition) is 13. The normalized spacial score (nSPS) is 29.0. The van der Waals surface area contributed by atoms with Gasteiger partial charge in [0.05, 0.1) is 32.3 Å². The standard InChI is InChI=1S/C47H63N3O12Si/c1-29(2)47(6,7)63(9,10)62-44-40(61-45(52)46(3,4)5)37(55-27-31-22-16-12-17-23-31)38(39(60-44)41(51)53-8)59-43-34(49-50-48)36(54-26-30-20-14-11-15-21-30)35-33(57-43)28-56-42(58-35)32-24-18-13-19-25-32/h11-25,29,33-40,42-44H,26-28H2,1-10H3/t33-,34-,35-,36-,37+,38+,39-,40-,42?,43-,44-/m1/s1. The predicted octanol–water partition coefficient (Wildman–Crippen LogP) is 8.57. The first-order valence-electron chi connectivity index (χ1n) is 21.6. The van der Waals surface area contributed by atoms with Gasteiger partial charge in [0, 0.05) is 10.5 Å². The van der Waals surface area contributed by atoms with Gasteiger partial charge in [-0.1, -0.05) is 124 Å². The summed E-state index contributed by atoms with van der Waals surface area (Å²) in [6.07, 6.45) is -11.4. The number of esters is 2. The highest BCUT2D eigenvalue weighted by Gasteiger charge is 2.59. The lowest BCUT2D eigenvalue weighted by molar-refractivity contribution is -0.370. The van der Waals surface area contributed by atoms with Crippen LogP contribution < -0.4 is 0 Å². The molecular weight excluding hydrogens is 827 g/mol. The fraction of sp³-hybridized carbons (Fsp3) is 0.574. The Morgan fingerprint density at radius 1 is 0.794 bits per heavy atom. The second-order valence-electron chi connectivity index (χ2n) is 18.6. The molecule has 342 valence electrons. The summed E-state index contributed by atoms with van der Waals surface area (Å²) in [6, 6.07) is 27.2. The molecule has 11 atom stereocenters. The van der Waals surface area contributed by atoms with Gasteiger partial charge in [0.15, 0.2) is 39.4 Å². The van der Waals surface area contributed by atoms with Crippen molar-refractivity contribution in [2.24, 2.45) is 16.4 Å². The van der Waals surface area contributed by atoms with Gasteiger partial charge in [-0.05, 0) is 61.5 Å². The van der Waals surface area contributed by atoms with Crippen LogP contribution in [0.1, 0.15) is 71.4 Å². The van der Waals surface area contributed by atoms with E-state index in [9.17, 15) is 15.1 Å². The van der Waals surface area contributed by atoms with Gasteiger partial charge in [0.1, 0.15) is 36.6 Å². The molecule has 0 radical (unpaired) electrons. The maximum atomic E-state index is 14.1. The number of nitrogens with zero attached hydrogens (tertiary/aromatic N) is 3. The van der Waals surface area contributed by atoms with E-state index >= 15 is 0 Å². The van der Waals surface area contributed by atoms with Crippen LogP contribution in [0.5, 0.6) is 0 Å². The number of methoxy groups -OCH3 is 1. The van der Waals surface area contributed by atoms with Gasteiger partial charge in [0.2, 0.25) is 0 Å². The molecule has 3 aliphatic heterocycles. The maximum absolute atomic E-state index is 14.1. The van der Waals surface area contributed by atoms with Crippen LogP contribution >= 0.6 is 0 Å². The summed E-state index contributed by atoms with van der Waals surface area (Å²) in [5.41, 5.74) is 11.6. The van der Waals surface area contributed by atoms with Gasteiger partial charge in [-0.15, -0.1) is 0 Å². The fourth-order valence-corrected chi connectivity index (χ4v) is 10.1. The van der Waals surface area contributed by atoms with E-state index in [0.717, 1.165) is 16.7 Å². The Morgan fingerprint density at radius 3 is 1.90 bits per heavy atom. The zero-order chi connectivity index (χ0) is 45.5. The van der Waals surface area contributed by atoms with Crippen LogP contribution in [0, 0.1) is 11.3 Å². The molecule has 0 amide bonds. The summed E-state index contributed by atoms with van der Waals surface area (Å²) >= 11 is 0. The quantitative estimate of drug-likeness (QED) is 0.0441. The van der Waals surface area contributed by atoms with Crippen LogP contribution in [0.3, 0.4) is 0 Å². The van der Waals surface area contributed by atoms with Crippen LogP contribution in [-0.2, 0) is 69.9 Å². The van der Waals surface area contributed by atoms with E-state index < -0.39 is 93.3 Å². The Morgan fingerprint density at radius 2 is 1.37 bits per heavy atom. The summed E-state index contributed by atoms with van der Waals surface area (Å²) < 4.78 is 65.0. The number of fused-ring (bicyclic) bond motifs is 1. The van der Waals surface area contributed by atoms with Crippen LogP contribution in [-0.4, -0.2) is 95.3 Å². The molecule has 3 fully saturated rings. The van der Waals surface area contributed by atoms with Crippen molar-refractivity contribution in [3.8, 4) is 0 Å². The van der Waals surface area contributed by atoms with E-state index in [1.165, 1.54) is 7.11 Å². The summed E-state index contributed by atoms with van der Waals surface area (Å²) in [6.45, 7) is 18.1. The van der Waals surface area contributed by atoms with Gasteiger partial charge in [-0.25, -0.2) is 4.79 Å². The highest BCUT2D eigenvalue weighted by Crippen LogP contribution is 2.47. The third kappa shape index (κ3) is 11.4. The van der Waals surface area contributed by atoms with Crippen molar-refractivity contribution in [3.63, 3.8) is 0 Å². The molecule has 16 heteroatoms. The van der Waals surface area contributed by atoms with Gasteiger partial charge in [-0.3, -0.25) is 4.79 Å². The predicted molar refractivity (Wildman–Crippen MR) is 234 cm³/mol. The minimum atomic E-state index is -2.78. The lowest BCUT2D eigenvalue weighted by atomic mass is 9.94. The topological polar surface area (TPSA) is 175 Å². The first kappa shape index (κ1) is 48.3. The van der Waals surface area contributed by atoms with Crippen molar-refractivity contribution >= 4 is 20.3 Å². The molecule has 0 spiro atoms. The Kier molecular flexibility index (Phi) is 15.9. The fourth-order valence-electron chi connectivity index (χ4n) is 7.63. The highest BCUT2D eigenvalue weighted by molar-refractivity contribution is 6.74. The number of carbonyl (C=O) groups excluding carboxylic acids is 2. The van der Waals surface area contributed by atoms with Gasteiger partial charge in [-0.2, -0.15) is 0 Å². The first-order chi connectivity index (χ1) is 29.9. The second kappa shape index (κ2) is 20.8. The van der Waals surface area contributed by atoms with Crippen LogP contribution in [0.15, 0.2) is 96.1 Å². The van der Waals surface area contributed by atoms with Crippen molar-refractivity contribution in [3.05, 3.63) is 118 Å². The zero-order valence-electron chi connectivity index (χ0n) is 38.0. The average molecular weight is 890 g/mol. The molecule has 3 saturated heterocycles. The Bertz CT molecular complexity index is 2000. The summed E-state index contributed by atoms with van der Waals surface area (Å²) in [4.78, 5) is 31.2. The number of azide groups is 1. The Hall–Kier alpha value is -4.19. The number of ether oxygens (including phenoxy) is 9. The lowest BCUT2D eigenvalue weighted by Gasteiger charge is -2.52. The van der Waals surface area contributed by atoms with Gasteiger partial charge >= 0.3 is 11.9 Å². The van der Waals surface area contributed by atoms with Crippen molar-refractivity contribution < 1.29 is 56.6 Å². The average Bonchev–Trinajstić information content (AvgIpc) is 3.26. The smallest absolute Gasteiger partial charge is 0.337 e. The molecule has 15 nitrogen and oxygen atoms in total. The van der Waals surface area contributed by atoms with E-state index in [0.29, 0.717) is 0 Å². The van der Waals surface area contributed by atoms with Crippen molar-refractivity contribution in [2.75, 3.05) is 13.7 Å². The van der Waals surface area contributed by atoms with Crippen LogP contribution in [0.25, 0.3) is 10.4 Å².